The van der Waals surface area contributed by atoms with Crippen LogP contribution in [-0.2, 0) is 4.79 Å². The molecule has 0 saturated heterocycles. The molecule has 0 aromatic heterocycles. The number of hydrogen-bond donors (Lipinski definition) is 2. The molecule has 3 rings (SSSR count). The second-order valence-electron chi connectivity index (χ2n) is 6.03. The molecule has 3 N–H and O–H groups in total. The molecular weight excluding hydrogens is 320 g/mol. The number of carbonyl (C=O) groups excluding carboxylic acids is 1. The fraction of sp³-hybridized carbons (Fsp3) is 0.316. The maximum atomic E-state index is 13.0. The van der Waals surface area contributed by atoms with Crippen molar-refractivity contribution in [2.75, 3.05) is 18.2 Å². The highest BCUT2D eigenvalue weighted by molar-refractivity contribution is 8.01. The Morgan fingerprint density at radius 3 is 2.50 bits per heavy atom. The average Bonchev–Trinajstić information content (AvgIpc) is 3.06. The van der Waals surface area contributed by atoms with E-state index >= 15 is 0 Å². The molecule has 0 bridgehead atoms. The van der Waals surface area contributed by atoms with Crippen LogP contribution in [0.2, 0.25) is 0 Å². The van der Waals surface area contributed by atoms with Gasteiger partial charge in [-0.15, -0.1) is 11.8 Å². The summed E-state index contributed by atoms with van der Waals surface area (Å²) < 4.78 is 4.76. The number of rotatable bonds is 5. The summed E-state index contributed by atoms with van der Waals surface area (Å²) in [6.07, 6.45) is 3.95. The van der Waals surface area contributed by atoms with E-state index in [1.807, 2.05) is 24.3 Å². The molecule has 0 aliphatic heterocycles. The predicted molar refractivity (Wildman–Crippen MR) is 99.5 cm³/mol. The van der Waals surface area contributed by atoms with Crippen molar-refractivity contribution in [1.82, 2.24) is 0 Å². The van der Waals surface area contributed by atoms with Gasteiger partial charge in [-0.1, -0.05) is 31.0 Å². The van der Waals surface area contributed by atoms with Crippen molar-refractivity contribution in [1.29, 1.82) is 0 Å². The van der Waals surface area contributed by atoms with E-state index in [4.69, 9.17) is 10.5 Å². The third-order valence-electron chi connectivity index (χ3n) is 4.37. The van der Waals surface area contributed by atoms with E-state index in [1.54, 1.807) is 31.0 Å². The van der Waals surface area contributed by atoms with Crippen molar-refractivity contribution >= 4 is 29.0 Å². The third kappa shape index (κ3) is 3.51. The van der Waals surface area contributed by atoms with Crippen LogP contribution in [0.15, 0.2) is 53.4 Å². The number of hydrogen-bond acceptors (Lipinski definition) is 4. The van der Waals surface area contributed by atoms with Crippen LogP contribution < -0.4 is 15.8 Å². The van der Waals surface area contributed by atoms with E-state index in [1.165, 1.54) is 0 Å². The molecule has 1 aliphatic carbocycles. The molecule has 0 spiro atoms. The summed E-state index contributed by atoms with van der Waals surface area (Å²) in [5.41, 5.74) is 7.16. The first-order valence-electron chi connectivity index (χ1n) is 8.12. The Morgan fingerprint density at radius 1 is 1.17 bits per heavy atom. The van der Waals surface area contributed by atoms with Crippen LogP contribution in [0.25, 0.3) is 0 Å². The normalized spacial score (nSPS) is 15.9. The lowest BCUT2D eigenvalue weighted by atomic mass is 10.1. The first kappa shape index (κ1) is 16.7. The number of nitrogen functional groups attached to an aromatic ring is 1. The topological polar surface area (TPSA) is 64.3 Å². The average molecular weight is 342 g/mol. The molecule has 0 radical (unpaired) electrons. The molecule has 126 valence electrons. The van der Waals surface area contributed by atoms with Crippen molar-refractivity contribution < 1.29 is 9.53 Å². The first-order valence-corrected chi connectivity index (χ1v) is 8.94. The molecule has 5 heteroatoms. The van der Waals surface area contributed by atoms with Crippen molar-refractivity contribution in [3.05, 3.63) is 48.5 Å². The zero-order valence-corrected chi connectivity index (χ0v) is 14.6. The van der Waals surface area contributed by atoms with Gasteiger partial charge in [0.15, 0.2) is 0 Å². The number of benzene rings is 2. The van der Waals surface area contributed by atoms with Gasteiger partial charge in [-0.3, -0.25) is 4.79 Å². The van der Waals surface area contributed by atoms with Gasteiger partial charge in [0.05, 0.1) is 17.5 Å². The monoisotopic (exact) mass is 342 g/mol. The molecule has 1 amide bonds. The van der Waals surface area contributed by atoms with E-state index in [-0.39, 0.29) is 5.91 Å². The van der Waals surface area contributed by atoms with Crippen molar-refractivity contribution in [3.8, 4) is 5.75 Å². The van der Waals surface area contributed by atoms with Gasteiger partial charge < -0.3 is 15.8 Å². The Hall–Kier alpha value is -2.14. The summed E-state index contributed by atoms with van der Waals surface area (Å²) in [5.74, 6) is 0.667. The van der Waals surface area contributed by atoms with Crippen LogP contribution in [0.1, 0.15) is 25.7 Å². The van der Waals surface area contributed by atoms with Gasteiger partial charge in [0.2, 0.25) is 5.91 Å². The Morgan fingerprint density at radius 2 is 1.88 bits per heavy atom. The van der Waals surface area contributed by atoms with E-state index in [0.29, 0.717) is 17.1 Å². The Labute approximate surface area is 146 Å². The number of carbonyl (C=O) groups is 1. The minimum atomic E-state index is -0.407. The number of nitrogens with two attached hydrogens (primary N) is 1. The highest BCUT2D eigenvalue weighted by atomic mass is 32.2. The van der Waals surface area contributed by atoms with Crippen LogP contribution in [0.3, 0.4) is 0 Å². The number of amides is 1. The predicted octanol–water partition coefficient (Wildman–Crippen LogP) is 4.32. The Bertz CT molecular complexity index is 713. The van der Waals surface area contributed by atoms with Gasteiger partial charge in [0, 0.05) is 10.6 Å². The van der Waals surface area contributed by atoms with Crippen molar-refractivity contribution in [2.45, 2.75) is 35.3 Å². The molecule has 0 unspecified atom stereocenters. The van der Waals surface area contributed by atoms with Crippen molar-refractivity contribution in [2.24, 2.45) is 0 Å². The first-order chi connectivity index (χ1) is 11.6. The van der Waals surface area contributed by atoms with Gasteiger partial charge >= 0.3 is 0 Å². The van der Waals surface area contributed by atoms with E-state index < -0.39 is 4.75 Å². The lowest BCUT2D eigenvalue weighted by molar-refractivity contribution is -0.118. The number of ether oxygens (including phenoxy) is 1. The van der Waals surface area contributed by atoms with Crippen molar-refractivity contribution in [3.63, 3.8) is 0 Å². The van der Waals surface area contributed by atoms with Crippen LogP contribution >= 0.6 is 11.8 Å². The second kappa shape index (κ2) is 7.18. The number of anilines is 2. The van der Waals surface area contributed by atoms with Gasteiger partial charge in [-0.25, -0.2) is 0 Å². The minimum Gasteiger partial charge on any atom is -0.495 e. The van der Waals surface area contributed by atoms with Crippen LogP contribution in [0.5, 0.6) is 5.75 Å². The molecule has 2 aromatic rings. The SMILES string of the molecule is COc1ccc(NC(=O)C2(Sc3ccccc3)CCCC2)cc1N. The largest absolute Gasteiger partial charge is 0.495 e. The summed E-state index contributed by atoms with van der Waals surface area (Å²) in [4.78, 5) is 14.1. The van der Waals surface area contributed by atoms with Crippen LogP contribution in [0.4, 0.5) is 11.4 Å². The molecule has 0 atom stereocenters. The molecule has 2 aromatic carbocycles. The van der Waals surface area contributed by atoms with Gasteiger partial charge in [-0.2, -0.15) is 0 Å². The summed E-state index contributed by atoms with van der Waals surface area (Å²) in [6.45, 7) is 0. The molecule has 1 saturated carbocycles. The highest BCUT2D eigenvalue weighted by Gasteiger charge is 2.42. The summed E-state index contributed by atoms with van der Waals surface area (Å²) >= 11 is 1.67. The van der Waals surface area contributed by atoms with Crippen LogP contribution in [0, 0.1) is 0 Å². The second-order valence-corrected chi connectivity index (χ2v) is 7.48. The summed E-state index contributed by atoms with van der Waals surface area (Å²) in [7, 11) is 1.58. The third-order valence-corrected chi connectivity index (χ3v) is 5.86. The fourth-order valence-corrected chi connectivity index (χ4v) is 4.47. The minimum absolute atomic E-state index is 0.0541. The number of thioether (sulfide) groups is 1. The highest BCUT2D eigenvalue weighted by Crippen LogP contribution is 2.46. The molecule has 0 heterocycles. The molecule has 24 heavy (non-hydrogen) atoms. The van der Waals surface area contributed by atoms with Gasteiger partial charge in [0.1, 0.15) is 5.75 Å². The van der Waals surface area contributed by atoms with Gasteiger partial charge in [-0.05, 0) is 43.2 Å². The quantitative estimate of drug-likeness (QED) is 0.794. The molecule has 1 fully saturated rings. The van der Waals surface area contributed by atoms with E-state index in [0.717, 1.165) is 30.6 Å². The number of methoxy groups -OCH3 is 1. The zero-order chi connectivity index (χ0) is 17.0. The maximum Gasteiger partial charge on any atom is 0.240 e. The number of nitrogens with one attached hydrogen (secondary N) is 1. The van der Waals surface area contributed by atoms with E-state index in [2.05, 4.69) is 17.4 Å². The zero-order valence-electron chi connectivity index (χ0n) is 13.7. The lowest BCUT2D eigenvalue weighted by Gasteiger charge is -2.27. The van der Waals surface area contributed by atoms with Crippen LogP contribution in [-0.4, -0.2) is 17.8 Å². The van der Waals surface area contributed by atoms with E-state index in [9.17, 15) is 4.79 Å². The smallest absolute Gasteiger partial charge is 0.240 e. The summed E-state index contributed by atoms with van der Waals surface area (Å²) in [6, 6.07) is 15.5. The standard InChI is InChI=1S/C19H22N2O2S/c1-23-17-10-9-14(13-16(17)20)21-18(22)19(11-5-6-12-19)24-15-7-3-2-4-8-15/h2-4,7-10,13H,5-6,11-12,20H2,1H3,(H,21,22). The molecular formula is C19H22N2O2S. The molecule has 4 nitrogen and oxygen atoms in total. The Balaban J connectivity index is 1.78. The fourth-order valence-electron chi connectivity index (χ4n) is 3.09. The Kier molecular flexibility index (Phi) is 5.00. The van der Waals surface area contributed by atoms with Gasteiger partial charge in [0.25, 0.3) is 0 Å². The lowest BCUT2D eigenvalue weighted by Crippen LogP contribution is -2.37. The maximum absolute atomic E-state index is 13.0. The molecule has 1 aliphatic rings. The summed E-state index contributed by atoms with van der Waals surface area (Å²) in [5, 5.41) is 3.04.